The van der Waals surface area contributed by atoms with Crippen molar-refractivity contribution in [3.63, 3.8) is 0 Å². The average Bonchev–Trinajstić information content (AvgIpc) is 3.87. The first-order valence-electron chi connectivity index (χ1n) is 18.1. The topological polar surface area (TPSA) is 0 Å². The quantitative estimate of drug-likeness (QED) is 0.145. The van der Waals surface area contributed by atoms with Gasteiger partial charge in [0.25, 0.3) is 0 Å². The first-order chi connectivity index (χ1) is 27.7. The Labute approximate surface area is 351 Å². The van der Waals surface area contributed by atoms with Gasteiger partial charge in [-0.25, -0.2) is 0 Å². The lowest BCUT2D eigenvalue weighted by Crippen LogP contribution is -2.49. The van der Waals surface area contributed by atoms with Gasteiger partial charge in [-0.05, 0) is 105 Å². The zero-order chi connectivity index (χ0) is 43.7. The Bertz CT molecular complexity index is 2930. The maximum Gasteiger partial charge on any atom is 0.380 e. The molecule has 0 N–H and O–H groups in total. The van der Waals surface area contributed by atoms with Crippen molar-refractivity contribution in [3.8, 4) is 23.7 Å². The number of rotatable bonds is 2. The molecule has 2 atom stereocenters. The molecular weight excluding hydrogens is 885 g/mol. The Morgan fingerprint density at radius 1 is 0.500 bits per heavy atom. The Hall–Kier alpha value is -3.96. The summed E-state index contributed by atoms with van der Waals surface area (Å²) >= 11 is 3.85. The molecule has 3 aliphatic carbocycles. The van der Waals surface area contributed by atoms with E-state index in [1.165, 1.54) is 58.9 Å². The van der Waals surface area contributed by atoms with Crippen LogP contribution in [0.2, 0.25) is 0 Å². The largest absolute Gasteiger partial charge is 0.380 e. The highest BCUT2D eigenvalue weighted by Crippen LogP contribution is 2.77. The van der Waals surface area contributed by atoms with Crippen molar-refractivity contribution >= 4 is 73.0 Å². The summed E-state index contributed by atoms with van der Waals surface area (Å²) in [6.07, 6.45) is 0. The van der Waals surface area contributed by atoms with E-state index in [2.05, 4.69) is 23.7 Å². The highest BCUT2D eigenvalue weighted by atomic mass is 32.2. The summed E-state index contributed by atoms with van der Waals surface area (Å²) in [5.41, 5.74) is -7.35. The van der Waals surface area contributed by atoms with Gasteiger partial charge < -0.3 is 0 Å². The molecule has 310 valence electrons. The van der Waals surface area contributed by atoms with Gasteiger partial charge >= 0.3 is 35.5 Å². The average molecular weight is 911 g/mol. The fraction of sp³-hybridized carbons (Fsp3) is 0.318. The van der Waals surface area contributed by atoms with E-state index in [0.29, 0.717) is 9.60 Å². The Kier molecular flexibility index (Phi) is 8.53. The summed E-state index contributed by atoms with van der Waals surface area (Å²) < 4.78 is 185. The number of thiophene rings is 2. The highest BCUT2D eigenvalue weighted by molar-refractivity contribution is 8.08. The van der Waals surface area contributed by atoms with E-state index in [9.17, 15) is 0 Å². The monoisotopic (exact) mass is 910 g/mol. The molecule has 2 aliphatic heterocycles. The van der Waals surface area contributed by atoms with Crippen LogP contribution in [0.5, 0.6) is 0 Å². The molecule has 9 rings (SSSR count). The van der Waals surface area contributed by atoms with Gasteiger partial charge in [-0.15, -0.1) is 46.2 Å². The van der Waals surface area contributed by atoms with Crippen LogP contribution >= 0.6 is 46.2 Å². The van der Waals surface area contributed by atoms with Crippen molar-refractivity contribution < 1.29 is 52.7 Å². The van der Waals surface area contributed by atoms with Gasteiger partial charge in [-0.2, -0.15) is 52.7 Å². The Morgan fingerprint density at radius 2 is 1.00 bits per heavy atom. The number of benzene rings is 2. The third kappa shape index (κ3) is 4.69. The van der Waals surface area contributed by atoms with Gasteiger partial charge in [0.15, 0.2) is 0 Å². The number of hydrogen-bond donors (Lipinski definition) is 0. The van der Waals surface area contributed by atoms with Gasteiger partial charge in [0.05, 0.1) is 19.3 Å². The van der Waals surface area contributed by atoms with E-state index in [0.717, 1.165) is 46.2 Å². The predicted octanol–water partition coefficient (Wildman–Crippen LogP) is 14.4. The number of aryl methyl sites for hydroxylation is 2. The van der Waals surface area contributed by atoms with Crippen molar-refractivity contribution in [2.24, 2.45) is 0 Å². The van der Waals surface area contributed by atoms with Crippen LogP contribution < -0.4 is 0 Å². The fourth-order valence-corrected chi connectivity index (χ4v) is 14.5. The first-order valence-corrected chi connectivity index (χ1v) is 21.3. The molecule has 1 fully saturated rings. The molecule has 0 amide bonds. The van der Waals surface area contributed by atoms with Gasteiger partial charge in [-0.3, -0.25) is 0 Å². The summed E-state index contributed by atoms with van der Waals surface area (Å²) in [6.45, 7) is 8.42. The highest BCUT2D eigenvalue weighted by Gasteiger charge is 2.85. The van der Waals surface area contributed by atoms with Gasteiger partial charge in [0.2, 0.25) is 0 Å². The van der Waals surface area contributed by atoms with E-state index in [4.69, 9.17) is 0 Å². The van der Waals surface area contributed by atoms with Crippen LogP contribution in [0.3, 0.4) is 0 Å². The van der Waals surface area contributed by atoms with Crippen LogP contribution in [0.4, 0.5) is 52.7 Å². The molecule has 16 heteroatoms. The third-order valence-corrected chi connectivity index (χ3v) is 17.8. The minimum absolute atomic E-state index is 0.00598. The summed E-state index contributed by atoms with van der Waals surface area (Å²) in [4.78, 5) is 0.732. The van der Waals surface area contributed by atoms with E-state index in [1.807, 2.05) is 0 Å². The molecule has 1 saturated carbocycles. The summed E-state index contributed by atoms with van der Waals surface area (Å²) in [6, 6.07) is 12.3. The van der Waals surface area contributed by atoms with Crippen molar-refractivity contribution in [2.45, 2.75) is 91.5 Å². The molecule has 0 saturated heterocycles. The van der Waals surface area contributed by atoms with Crippen molar-refractivity contribution in [1.29, 1.82) is 0 Å². The molecule has 0 bridgehead atoms. The molecule has 2 unspecified atom stereocenters. The summed E-state index contributed by atoms with van der Waals surface area (Å²) in [5.74, 6) is -22.1. The molecule has 4 heterocycles. The maximum atomic E-state index is 15.9. The van der Waals surface area contributed by atoms with Crippen LogP contribution in [0.15, 0.2) is 80.6 Å². The normalized spacial score (nSPS) is 27.1. The lowest BCUT2D eigenvalue weighted by molar-refractivity contribution is -0.257. The van der Waals surface area contributed by atoms with E-state index in [-0.39, 0.29) is 52.8 Å². The molecule has 2 aromatic heterocycles. The minimum atomic E-state index is -5.78. The third-order valence-electron chi connectivity index (χ3n) is 12.2. The van der Waals surface area contributed by atoms with E-state index in [1.54, 1.807) is 31.2 Å². The molecule has 0 nitrogen and oxygen atoms in total. The van der Waals surface area contributed by atoms with E-state index >= 15 is 52.7 Å². The number of fused-ring (bicyclic) bond motifs is 7. The number of allylic oxidation sites excluding steroid dienone is 6. The number of thioether (sulfide) groups is 2. The lowest BCUT2D eigenvalue weighted by atomic mass is 9.68. The summed E-state index contributed by atoms with van der Waals surface area (Å²) in [7, 11) is 0. The number of hydrogen-bond acceptors (Lipinski definition) is 4. The standard InChI is InChI=1S/C44H26F12S4/c1-19-25(57-21(3)29(19)33-34(40(47,48)43(53,54)39(33,45)46)30-22(4)58-27-17-9-7-13-23(27)30)15-11-12-16-26-20(2)31-35-36(42(51,52)44(55,56)41(35,49)50)32-24-14-8-10-18-28(24)60-38(32,6)37(31,5)59-26/h7-10,13-14,17-18H,1-6H3. The predicted molar refractivity (Wildman–Crippen MR) is 215 cm³/mol. The number of alkyl halides is 12. The van der Waals surface area contributed by atoms with Gasteiger partial charge in [-0.1, -0.05) is 36.4 Å². The van der Waals surface area contributed by atoms with Crippen molar-refractivity contribution in [2.75, 3.05) is 0 Å². The van der Waals surface area contributed by atoms with Crippen LogP contribution in [0, 0.1) is 44.5 Å². The SMILES string of the molecule is CC1=C(C#CC#Cc2sc(C)c(C3=C(c4c(C)sc5ccccc45)C(F)(F)C(F)(F)C3(F)F)c2C)SC2(C)C1=C1C(=C3c4ccccc4SC32C)C(F)(F)C(F)(F)C1(F)F. The van der Waals surface area contributed by atoms with Crippen LogP contribution in [0.1, 0.15) is 57.7 Å². The zero-order valence-corrected chi connectivity index (χ0v) is 35.1. The molecule has 60 heavy (non-hydrogen) atoms. The second-order valence-electron chi connectivity index (χ2n) is 15.4. The Morgan fingerprint density at radius 3 is 1.65 bits per heavy atom. The second kappa shape index (κ2) is 12.4. The molecule has 4 aromatic rings. The van der Waals surface area contributed by atoms with Gasteiger partial charge in [0, 0.05) is 58.2 Å². The van der Waals surface area contributed by atoms with Gasteiger partial charge in [0.1, 0.15) is 0 Å². The molecule has 2 aromatic carbocycles. The first kappa shape index (κ1) is 41.4. The van der Waals surface area contributed by atoms with Crippen molar-refractivity contribution in [1.82, 2.24) is 0 Å². The zero-order valence-electron chi connectivity index (χ0n) is 31.8. The second-order valence-corrected chi connectivity index (χ2v) is 20.8. The molecule has 0 spiro atoms. The smallest absolute Gasteiger partial charge is 0.194 e. The molecular formula is C44H26F12S4. The van der Waals surface area contributed by atoms with Crippen LogP contribution in [-0.4, -0.2) is 45.0 Å². The van der Waals surface area contributed by atoms with E-state index < -0.39 is 78.4 Å². The maximum absolute atomic E-state index is 15.9. The fourth-order valence-electron chi connectivity index (χ4n) is 9.26. The molecule has 0 radical (unpaired) electrons. The minimum Gasteiger partial charge on any atom is -0.194 e. The Balaban J connectivity index is 1.17. The van der Waals surface area contributed by atoms with Crippen molar-refractivity contribution in [3.05, 3.63) is 113 Å². The summed E-state index contributed by atoms with van der Waals surface area (Å²) in [5, 5.41) is 0.119. The van der Waals surface area contributed by atoms with Crippen LogP contribution in [-0.2, 0) is 0 Å². The number of halogens is 12. The van der Waals surface area contributed by atoms with Crippen LogP contribution in [0.25, 0.3) is 26.8 Å². The lowest BCUT2D eigenvalue weighted by Gasteiger charge is -2.47. The molecule has 5 aliphatic rings.